The molecule has 0 unspecified atom stereocenters. The van der Waals surface area contributed by atoms with Crippen LogP contribution in [0.3, 0.4) is 0 Å². The van der Waals surface area contributed by atoms with Gasteiger partial charge >= 0.3 is 11.9 Å². The van der Waals surface area contributed by atoms with Crippen molar-refractivity contribution in [1.82, 2.24) is 9.88 Å². The monoisotopic (exact) mass is 364 g/mol. The maximum absolute atomic E-state index is 12.7. The van der Waals surface area contributed by atoms with Gasteiger partial charge < -0.3 is 19.4 Å². The van der Waals surface area contributed by atoms with Crippen LogP contribution in [0.4, 0.5) is 0 Å². The van der Waals surface area contributed by atoms with E-state index in [4.69, 9.17) is 9.47 Å². The quantitative estimate of drug-likeness (QED) is 0.812. The van der Waals surface area contributed by atoms with Crippen molar-refractivity contribution in [3.8, 4) is 0 Å². The molecule has 1 N–H and O–H groups in total. The van der Waals surface area contributed by atoms with Gasteiger partial charge in [-0.2, -0.15) is 0 Å². The van der Waals surface area contributed by atoms with Crippen LogP contribution in [0.2, 0.25) is 0 Å². The van der Waals surface area contributed by atoms with Crippen molar-refractivity contribution in [3.63, 3.8) is 0 Å². The van der Waals surface area contributed by atoms with E-state index in [0.717, 1.165) is 25.7 Å². The van der Waals surface area contributed by atoms with E-state index in [1.165, 1.54) is 7.11 Å². The maximum Gasteiger partial charge on any atom is 0.355 e. The second kappa shape index (κ2) is 8.38. The van der Waals surface area contributed by atoms with Crippen molar-refractivity contribution in [2.75, 3.05) is 13.7 Å². The Morgan fingerprint density at radius 3 is 2.54 bits per heavy atom. The minimum atomic E-state index is -0.876. The number of likely N-dealkylation sites (tertiary alicyclic amines) is 1. The van der Waals surface area contributed by atoms with Gasteiger partial charge in [0.25, 0.3) is 5.91 Å². The summed E-state index contributed by atoms with van der Waals surface area (Å²) in [4.78, 5) is 41.8. The predicted octanol–water partition coefficient (Wildman–Crippen LogP) is 2.75. The fourth-order valence-electron chi connectivity index (χ4n) is 3.58. The molecule has 0 aromatic carbocycles. The molecular weight excluding hydrogens is 336 g/mol. The summed E-state index contributed by atoms with van der Waals surface area (Å²) in [7, 11) is 1.29. The number of rotatable bonds is 5. The summed E-state index contributed by atoms with van der Waals surface area (Å²) < 4.78 is 10.1. The van der Waals surface area contributed by atoms with Gasteiger partial charge in [-0.1, -0.05) is 6.92 Å². The Hall–Kier alpha value is -2.31. The summed E-state index contributed by atoms with van der Waals surface area (Å²) in [6, 6.07) is 0.206. The highest BCUT2D eigenvalue weighted by molar-refractivity contribution is 5.99. The molecule has 0 aliphatic carbocycles. The van der Waals surface area contributed by atoms with Crippen LogP contribution >= 0.6 is 0 Å². The van der Waals surface area contributed by atoms with Gasteiger partial charge in [0.05, 0.1) is 12.7 Å². The van der Waals surface area contributed by atoms with Crippen LogP contribution in [0.15, 0.2) is 0 Å². The minimum absolute atomic E-state index is 0.168. The SMILES string of the molecule is CC[C@H]1CCCCN1C(=O)[C@H](C)OC(=O)c1[nH]c(C)c(C(=O)OC)c1C. The van der Waals surface area contributed by atoms with Crippen LogP contribution in [0.1, 0.15) is 71.6 Å². The molecule has 1 fully saturated rings. The Kier molecular flexibility index (Phi) is 6.45. The van der Waals surface area contributed by atoms with Crippen molar-refractivity contribution in [2.45, 2.75) is 65.5 Å². The molecule has 1 aromatic heterocycles. The van der Waals surface area contributed by atoms with Crippen LogP contribution in [-0.2, 0) is 14.3 Å². The zero-order valence-corrected chi connectivity index (χ0v) is 16.2. The number of amides is 1. The molecule has 1 aliphatic rings. The van der Waals surface area contributed by atoms with E-state index in [-0.39, 0.29) is 17.6 Å². The largest absolute Gasteiger partial charge is 0.465 e. The predicted molar refractivity (Wildman–Crippen MR) is 96.1 cm³/mol. The molecule has 2 heterocycles. The standard InChI is InChI=1S/C19H28N2O5/c1-6-14-9-7-8-10-21(14)17(22)13(4)26-19(24)16-11(2)15(12(3)20-16)18(23)25-5/h13-14,20H,6-10H2,1-5H3/t13-,14-/m0/s1. The molecular formula is C19H28N2O5. The van der Waals surface area contributed by atoms with E-state index in [1.807, 2.05) is 4.90 Å². The molecule has 1 aliphatic heterocycles. The number of ether oxygens (including phenoxy) is 2. The van der Waals surface area contributed by atoms with Gasteiger partial charge in [0.2, 0.25) is 0 Å². The van der Waals surface area contributed by atoms with Crippen molar-refractivity contribution < 1.29 is 23.9 Å². The Morgan fingerprint density at radius 2 is 1.92 bits per heavy atom. The summed E-state index contributed by atoms with van der Waals surface area (Å²) >= 11 is 0. The number of aromatic nitrogens is 1. The lowest BCUT2D eigenvalue weighted by Gasteiger charge is -2.36. The Morgan fingerprint density at radius 1 is 1.23 bits per heavy atom. The average molecular weight is 364 g/mol. The number of aromatic amines is 1. The summed E-state index contributed by atoms with van der Waals surface area (Å²) in [5.74, 6) is -1.33. The molecule has 0 spiro atoms. The molecule has 0 radical (unpaired) electrons. The molecule has 26 heavy (non-hydrogen) atoms. The van der Waals surface area contributed by atoms with Gasteiger partial charge in [0, 0.05) is 18.3 Å². The van der Waals surface area contributed by atoms with Crippen LogP contribution in [0.5, 0.6) is 0 Å². The zero-order valence-electron chi connectivity index (χ0n) is 16.2. The fourth-order valence-corrected chi connectivity index (χ4v) is 3.58. The highest BCUT2D eigenvalue weighted by Crippen LogP contribution is 2.23. The summed E-state index contributed by atoms with van der Waals surface area (Å²) in [6.07, 6.45) is 3.09. The molecule has 1 aromatic rings. The number of methoxy groups -OCH3 is 1. The second-order valence-electron chi connectivity index (χ2n) is 6.75. The molecule has 0 saturated carbocycles. The molecule has 7 heteroatoms. The van der Waals surface area contributed by atoms with E-state index >= 15 is 0 Å². The average Bonchev–Trinajstić information content (AvgIpc) is 2.94. The number of carbonyl (C=O) groups is 3. The number of piperidine rings is 1. The molecule has 2 atom stereocenters. The van der Waals surface area contributed by atoms with Gasteiger partial charge in [0.15, 0.2) is 6.10 Å². The number of carbonyl (C=O) groups excluding carboxylic acids is 3. The Bertz CT molecular complexity index is 694. The third-order valence-corrected chi connectivity index (χ3v) is 5.04. The van der Waals surface area contributed by atoms with E-state index in [9.17, 15) is 14.4 Å². The highest BCUT2D eigenvalue weighted by atomic mass is 16.5. The number of nitrogens with zero attached hydrogens (tertiary/aromatic N) is 1. The molecule has 0 bridgehead atoms. The molecule has 2 rings (SSSR count). The number of aryl methyl sites for hydroxylation is 1. The lowest BCUT2D eigenvalue weighted by molar-refractivity contribution is -0.143. The van der Waals surface area contributed by atoms with Gasteiger partial charge in [-0.3, -0.25) is 4.79 Å². The number of nitrogens with one attached hydrogen (secondary N) is 1. The minimum Gasteiger partial charge on any atom is -0.465 e. The summed E-state index contributed by atoms with van der Waals surface area (Å²) in [5.41, 5.74) is 1.49. The van der Waals surface area contributed by atoms with Crippen molar-refractivity contribution >= 4 is 17.8 Å². The third kappa shape index (κ3) is 3.92. The highest BCUT2D eigenvalue weighted by Gasteiger charge is 2.32. The Balaban J connectivity index is 2.12. The molecule has 1 saturated heterocycles. The van der Waals surface area contributed by atoms with Crippen molar-refractivity contribution in [2.24, 2.45) is 0 Å². The summed E-state index contributed by atoms with van der Waals surface area (Å²) in [6.45, 7) is 7.69. The molecule has 1 amide bonds. The fraction of sp³-hybridized carbons (Fsp3) is 0.632. The molecule has 144 valence electrons. The first-order valence-electron chi connectivity index (χ1n) is 9.10. The number of esters is 2. The molecule has 7 nitrogen and oxygen atoms in total. The number of hydrogen-bond acceptors (Lipinski definition) is 5. The number of hydrogen-bond donors (Lipinski definition) is 1. The second-order valence-corrected chi connectivity index (χ2v) is 6.75. The van der Waals surface area contributed by atoms with Crippen molar-refractivity contribution in [3.05, 3.63) is 22.5 Å². The normalized spacial score (nSPS) is 18.3. The first kappa shape index (κ1) is 20.0. The lowest BCUT2D eigenvalue weighted by Crippen LogP contribution is -2.48. The van der Waals surface area contributed by atoms with Crippen molar-refractivity contribution in [1.29, 1.82) is 0 Å². The van der Waals surface area contributed by atoms with Crippen LogP contribution in [-0.4, -0.2) is 53.5 Å². The van der Waals surface area contributed by atoms with E-state index in [2.05, 4.69) is 11.9 Å². The first-order valence-corrected chi connectivity index (χ1v) is 9.10. The summed E-state index contributed by atoms with van der Waals surface area (Å²) in [5, 5.41) is 0. The number of H-pyrrole nitrogens is 1. The van der Waals surface area contributed by atoms with E-state index in [0.29, 0.717) is 23.4 Å². The van der Waals surface area contributed by atoms with E-state index < -0.39 is 18.0 Å². The van der Waals surface area contributed by atoms with Gasteiger partial charge in [-0.25, -0.2) is 9.59 Å². The van der Waals surface area contributed by atoms with Gasteiger partial charge in [-0.05, 0) is 52.0 Å². The topological polar surface area (TPSA) is 88.7 Å². The van der Waals surface area contributed by atoms with E-state index in [1.54, 1.807) is 20.8 Å². The lowest BCUT2D eigenvalue weighted by atomic mass is 9.99. The Labute approximate surface area is 154 Å². The third-order valence-electron chi connectivity index (χ3n) is 5.04. The smallest absolute Gasteiger partial charge is 0.355 e. The van der Waals surface area contributed by atoms with Crippen LogP contribution in [0.25, 0.3) is 0 Å². The maximum atomic E-state index is 12.7. The van der Waals surface area contributed by atoms with Gasteiger partial charge in [0.1, 0.15) is 5.69 Å². The van der Waals surface area contributed by atoms with Gasteiger partial charge in [-0.15, -0.1) is 0 Å². The van der Waals surface area contributed by atoms with Crippen LogP contribution in [0, 0.1) is 13.8 Å². The first-order chi connectivity index (χ1) is 12.3. The van der Waals surface area contributed by atoms with Crippen LogP contribution < -0.4 is 0 Å². The zero-order chi connectivity index (χ0) is 19.4.